The number of rotatable bonds is 5. The molecule has 7 heteroatoms. The van der Waals surface area contributed by atoms with Crippen LogP contribution < -0.4 is 5.32 Å². The normalized spacial score (nSPS) is 19.6. The van der Waals surface area contributed by atoms with E-state index in [0.29, 0.717) is 38.0 Å². The van der Waals surface area contributed by atoms with E-state index in [1.165, 1.54) is 22.7 Å². The van der Waals surface area contributed by atoms with Crippen molar-refractivity contribution in [2.75, 3.05) is 25.9 Å². The zero-order valence-corrected chi connectivity index (χ0v) is 12.8. The highest BCUT2D eigenvalue weighted by Gasteiger charge is 2.24. The van der Waals surface area contributed by atoms with Crippen LogP contribution in [0.25, 0.3) is 0 Å². The van der Waals surface area contributed by atoms with E-state index in [4.69, 9.17) is 0 Å². The van der Waals surface area contributed by atoms with E-state index in [2.05, 4.69) is 5.32 Å². The minimum Gasteiger partial charge on any atom is -0.387 e. The van der Waals surface area contributed by atoms with Gasteiger partial charge in [-0.3, -0.25) is 0 Å². The molecule has 0 saturated carbocycles. The van der Waals surface area contributed by atoms with Crippen LogP contribution in [0.2, 0.25) is 0 Å². The molecular formula is C14H21FN2O3S. The van der Waals surface area contributed by atoms with E-state index in [1.54, 1.807) is 12.1 Å². The predicted octanol–water partition coefficient (Wildman–Crippen LogP) is 0.873. The maximum Gasteiger partial charge on any atom is 0.211 e. The summed E-state index contributed by atoms with van der Waals surface area (Å²) in [4.78, 5) is 0. The number of nitrogens with one attached hydrogen (secondary N) is 1. The van der Waals surface area contributed by atoms with Gasteiger partial charge in [-0.2, -0.15) is 0 Å². The van der Waals surface area contributed by atoms with E-state index >= 15 is 0 Å². The maximum atomic E-state index is 13.1. The Morgan fingerprint density at radius 2 is 2.10 bits per heavy atom. The highest BCUT2D eigenvalue weighted by atomic mass is 32.2. The third kappa shape index (κ3) is 4.74. The summed E-state index contributed by atoms with van der Waals surface area (Å²) in [6.07, 6.45) is 1.87. The van der Waals surface area contributed by atoms with Crippen molar-refractivity contribution in [1.29, 1.82) is 0 Å². The van der Waals surface area contributed by atoms with Gasteiger partial charge in [0.2, 0.25) is 10.0 Å². The van der Waals surface area contributed by atoms with Crippen molar-refractivity contribution in [3.63, 3.8) is 0 Å². The van der Waals surface area contributed by atoms with E-state index < -0.39 is 16.1 Å². The molecule has 0 radical (unpaired) electrons. The van der Waals surface area contributed by atoms with Crippen LogP contribution in [0.3, 0.4) is 0 Å². The number of aliphatic hydroxyl groups excluding tert-OH is 1. The Bertz CT molecular complexity index is 571. The molecule has 1 heterocycles. The van der Waals surface area contributed by atoms with Gasteiger partial charge >= 0.3 is 0 Å². The van der Waals surface area contributed by atoms with E-state index in [0.717, 1.165) is 0 Å². The Morgan fingerprint density at radius 1 is 1.43 bits per heavy atom. The summed E-state index contributed by atoms with van der Waals surface area (Å²) in [6, 6.07) is 6.08. The SMILES string of the molecule is CS(=O)(=O)N1CCC(NCC(O)c2cccc(F)c2)CC1. The number of nitrogens with zero attached hydrogens (tertiary/aromatic N) is 1. The van der Waals surface area contributed by atoms with E-state index in [1.807, 2.05) is 0 Å². The van der Waals surface area contributed by atoms with Gasteiger partial charge in [0.05, 0.1) is 12.4 Å². The molecule has 0 bridgehead atoms. The molecular weight excluding hydrogens is 295 g/mol. The minimum atomic E-state index is -3.11. The molecule has 2 N–H and O–H groups in total. The number of sulfonamides is 1. The number of halogens is 1. The van der Waals surface area contributed by atoms with Gasteiger partial charge in [-0.05, 0) is 30.5 Å². The topological polar surface area (TPSA) is 69.6 Å². The first-order chi connectivity index (χ1) is 9.86. The predicted molar refractivity (Wildman–Crippen MR) is 78.8 cm³/mol. The lowest BCUT2D eigenvalue weighted by Crippen LogP contribution is -2.45. The average Bonchev–Trinajstić information content (AvgIpc) is 2.44. The molecule has 0 spiro atoms. The summed E-state index contributed by atoms with van der Waals surface area (Å²) in [7, 11) is -3.11. The van der Waals surface area contributed by atoms with Gasteiger partial charge in [0.25, 0.3) is 0 Å². The first kappa shape index (κ1) is 16.4. The molecule has 2 rings (SSSR count). The van der Waals surface area contributed by atoms with Gasteiger partial charge in [0.1, 0.15) is 5.82 Å². The summed E-state index contributed by atoms with van der Waals surface area (Å²) < 4.78 is 37.4. The van der Waals surface area contributed by atoms with E-state index in [9.17, 15) is 17.9 Å². The molecule has 1 aliphatic rings. The first-order valence-electron chi connectivity index (χ1n) is 6.98. The molecule has 1 saturated heterocycles. The molecule has 118 valence electrons. The Balaban J connectivity index is 1.80. The maximum absolute atomic E-state index is 13.1. The number of aliphatic hydroxyl groups is 1. The second-order valence-electron chi connectivity index (χ2n) is 5.42. The summed E-state index contributed by atoms with van der Waals surface area (Å²) >= 11 is 0. The van der Waals surface area contributed by atoms with Crippen molar-refractivity contribution < 1.29 is 17.9 Å². The fourth-order valence-electron chi connectivity index (χ4n) is 2.50. The minimum absolute atomic E-state index is 0.172. The van der Waals surface area contributed by atoms with Crippen molar-refractivity contribution in [1.82, 2.24) is 9.62 Å². The van der Waals surface area contributed by atoms with Crippen LogP contribution in [0.1, 0.15) is 24.5 Å². The number of hydrogen-bond donors (Lipinski definition) is 2. The second kappa shape index (κ2) is 6.83. The van der Waals surface area contributed by atoms with Gasteiger partial charge in [-0.25, -0.2) is 17.1 Å². The van der Waals surface area contributed by atoms with Crippen molar-refractivity contribution in [2.24, 2.45) is 0 Å². The largest absolute Gasteiger partial charge is 0.387 e. The fourth-order valence-corrected chi connectivity index (χ4v) is 3.38. The quantitative estimate of drug-likeness (QED) is 0.846. The van der Waals surface area contributed by atoms with Crippen molar-refractivity contribution >= 4 is 10.0 Å². The second-order valence-corrected chi connectivity index (χ2v) is 7.40. The van der Waals surface area contributed by atoms with Crippen molar-refractivity contribution in [3.05, 3.63) is 35.6 Å². The summed E-state index contributed by atoms with van der Waals surface area (Å²) in [5, 5.41) is 13.2. The van der Waals surface area contributed by atoms with Crippen LogP contribution in [0, 0.1) is 5.82 Å². The highest BCUT2D eigenvalue weighted by molar-refractivity contribution is 7.88. The molecule has 21 heavy (non-hydrogen) atoms. The first-order valence-corrected chi connectivity index (χ1v) is 8.83. The molecule has 1 unspecified atom stereocenters. The van der Waals surface area contributed by atoms with Crippen LogP contribution in [0.15, 0.2) is 24.3 Å². The Labute approximate surface area is 124 Å². The molecule has 1 fully saturated rings. The number of piperidine rings is 1. The summed E-state index contributed by atoms with van der Waals surface area (Å²) in [6.45, 7) is 1.31. The van der Waals surface area contributed by atoms with Crippen LogP contribution >= 0.6 is 0 Å². The standard InChI is InChI=1S/C14H21FN2O3S/c1-21(19,20)17-7-5-13(6-8-17)16-10-14(18)11-3-2-4-12(15)9-11/h2-4,9,13-14,16,18H,5-8,10H2,1H3. The third-order valence-electron chi connectivity index (χ3n) is 3.76. The molecule has 1 aliphatic heterocycles. The van der Waals surface area contributed by atoms with Gasteiger partial charge in [0.15, 0.2) is 0 Å². The monoisotopic (exact) mass is 316 g/mol. The lowest BCUT2D eigenvalue weighted by atomic mass is 10.1. The molecule has 0 aromatic heterocycles. The zero-order chi connectivity index (χ0) is 15.5. The highest BCUT2D eigenvalue weighted by Crippen LogP contribution is 2.16. The summed E-state index contributed by atoms with van der Waals surface area (Å²) in [5.41, 5.74) is 0.538. The molecule has 1 atom stereocenters. The van der Waals surface area contributed by atoms with Crippen LogP contribution in [0.5, 0.6) is 0 Å². The smallest absolute Gasteiger partial charge is 0.211 e. The van der Waals surface area contributed by atoms with Gasteiger partial charge in [-0.15, -0.1) is 0 Å². The lowest BCUT2D eigenvalue weighted by Gasteiger charge is -2.31. The summed E-state index contributed by atoms with van der Waals surface area (Å²) in [5.74, 6) is -0.368. The molecule has 5 nitrogen and oxygen atoms in total. The van der Waals surface area contributed by atoms with Crippen LogP contribution in [0.4, 0.5) is 4.39 Å². The molecule has 0 amide bonds. The third-order valence-corrected chi connectivity index (χ3v) is 5.06. The lowest BCUT2D eigenvalue weighted by molar-refractivity contribution is 0.162. The average molecular weight is 316 g/mol. The van der Waals surface area contributed by atoms with Gasteiger partial charge in [0, 0.05) is 25.7 Å². The Kier molecular flexibility index (Phi) is 5.32. The zero-order valence-electron chi connectivity index (χ0n) is 12.0. The molecule has 0 aliphatic carbocycles. The van der Waals surface area contributed by atoms with Gasteiger partial charge in [-0.1, -0.05) is 12.1 Å². The van der Waals surface area contributed by atoms with Crippen LogP contribution in [-0.4, -0.2) is 49.8 Å². The Hall–Kier alpha value is -1.02. The number of benzene rings is 1. The van der Waals surface area contributed by atoms with E-state index in [-0.39, 0.29) is 11.9 Å². The van der Waals surface area contributed by atoms with Crippen molar-refractivity contribution in [3.8, 4) is 0 Å². The molecule has 1 aromatic rings. The van der Waals surface area contributed by atoms with Gasteiger partial charge < -0.3 is 10.4 Å². The Morgan fingerprint density at radius 3 is 2.67 bits per heavy atom. The molecule has 1 aromatic carbocycles. The number of hydrogen-bond acceptors (Lipinski definition) is 4. The van der Waals surface area contributed by atoms with Crippen molar-refractivity contribution in [2.45, 2.75) is 25.0 Å². The fraction of sp³-hybridized carbons (Fsp3) is 0.571. The van der Waals surface area contributed by atoms with Crippen LogP contribution in [-0.2, 0) is 10.0 Å².